The van der Waals surface area contributed by atoms with Gasteiger partial charge in [-0.3, -0.25) is 4.79 Å². The molecule has 100 valence electrons. The third-order valence-corrected chi connectivity index (χ3v) is 4.23. The van der Waals surface area contributed by atoms with E-state index in [1.165, 1.54) is 12.8 Å². The van der Waals surface area contributed by atoms with Crippen LogP contribution < -0.4 is 5.32 Å². The van der Waals surface area contributed by atoms with Crippen LogP contribution in [0.1, 0.15) is 59.3 Å². The van der Waals surface area contributed by atoms with E-state index >= 15 is 0 Å². The van der Waals surface area contributed by atoms with Crippen LogP contribution in [-0.4, -0.2) is 17.8 Å². The Kier molecular flexibility index (Phi) is 5.78. The molecule has 1 N–H and O–H groups in total. The third kappa shape index (κ3) is 3.87. The Hall–Kier alpha value is -0.240. The Morgan fingerprint density at radius 1 is 1.35 bits per heavy atom. The standard InChI is InChI=1S/C14H26ClNO/c1-4-12(10-15)16-13(17)14(9-11(2)3)7-5-6-8-14/h11-12H,4-10H2,1-3H3,(H,16,17). The van der Waals surface area contributed by atoms with Crippen molar-refractivity contribution in [3.8, 4) is 0 Å². The van der Waals surface area contributed by atoms with Crippen molar-refractivity contribution in [2.75, 3.05) is 5.88 Å². The molecule has 17 heavy (non-hydrogen) atoms. The predicted molar refractivity (Wildman–Crippen MR) is 73.3 cm³/mol. The SMILES string of the molecule is CCC(CCl)NC(=O)C1(CC(C)C)CCCC1. The van der Waals surface area contributed by atoms with Crippen molar-refractivity contribution in [3.63, 3.8) is 0 Å². The molecule has 2 nitrogen and oxygen atoms in total. The largest absolute Gasteiger partial charge is 0.352 e. The molecule has 0 bridgehead atoms. The van der Waals surface area contributed by atoms with Crippen LogP contribution >= 0.6 is 11.6 Å². The number of carbonyl (C=O) groups is 1. The summed E-state index contributed by atoms with van der Waals surface area (Å²) in [5, 5.41) is 3.13. The highest BCUT2D eigenvalue weighted by Crippen LogP contribution is 2.43. The summed E-state index contributed by atoms with van der Waals surface area (Å²) < 4.78 is 0. The molecule has 0 radical (unpaired) electrons. The van der Waals surface area contributed by atoms with Crippen LogP contribution in [0.5, 0.6) is 0 Å². The van der Waals surface area contributed by atoms with Crippen molar-refractivity contribution in [3.05, 3.63) is 0 Å². The van der Waals surface area contributed by atoms with Crippen LogP contribution in [0.25, 0.3) is 0 Å². The average molecular weight is 260 g/mol. The minimum atomic E-state index is -0.104. The van der Waals surface area contributed by atoms with Crippen molar-refractivity contribution >= 4 is 17.5 Å². The Morgan fingerprint density at radius 2 is 1.94 bits per heavy atom. The quantitative estimate of drug-likeness (QED) is 0.724. The second-order valence-corrected chi connectivity index (χ2v) is 6.13. The van der Waals surface area contributed by atoms with Gasteiger partial charge in [-0.1, -0.05) is 33.6 Å². The van der Waals surface area contributed by atoms with Crippen molar-refractivity contribution in [1.82, 2.24) is 5.32 Å². The second kappa shape index (κ2) is 6.63. The summed E-state index contributed by atoms with van der Waals surface area (Å²) in [5.74, 6) is 1.34. The number of amides is 1. The van der Waals surface area contributed by atoms with E-state index in [-0.39, 0.29) is 17.4 Å². The molecule has 1 aliphatic rings. The highest BCUT2D eigenvalue weighted by atomic mass is 35.5. The highest BCUT2D eigenvalue weighted by molar-refractivity contribution is 6.18. The van der Waals surface area contributed by atoms with Gasteiger partial charge in [0.2, 0.25) is 5.91 Å². The van der Waals surface area contributed by atoms with Crippen LogP contribution in [0.2, 0.25) is 0 Å². The number of halogens is 1. The fourth-order valence-electron chi connectivity index (χ4n) is 2.95. The van der Waals surface area contributed by atoms with Crippen LogP contribution in [-0.2, 0) is 4.79 Å². The number of hydrogen-bond donors (Lipinski definition) is 1. The smallest absolute Gasteiger partial charge is 0.226 e. The first-order chi connectivity index (χ1) is 8.04. The Labute approximate surface area is 110 Å². The number of hydrogen-bond acceptors (Lipinski definition) is 1. The molecule has 1 fully saturated rings. The summed E-state index contributed by atoms with van der Waals surface area (Å²) in [5.41, 5.74) is -0.104. The lowest BCUT2D eigenvalue weighted by Gasteiger charge is -2.31. The molecule has 1 rings (SSSR count). The van der Waals surface area contributed by atoms with E-state index in [1.807, 2.05) is 0 Å². The van der Waals surface area contributed by atoms with Gasteiger partial charge in [0, 0.05) is 17.3 Å². The van der Waals surface area contributed by atoms with Crippen molar-refractivity contribution in [1.29, 1.82) is 0 Å². The molecular formula is C14H26ClNO. The molecule has 3 heteroatoms. The molecule has 1 amide bonds. The Morgan fingerprint density at radius 3 is 2.35 bits per heavy atom. The topological polar surface area (TPSA) is 29.1 Å². The lowest BCUT2D eigenvalue weighted by Crippen LogP contribution is -2.45. The number of alkyl halides is 1. The molecule has 0 heterocycles. The van der Waals surface area contributed by atoms with E-state index in [2.05, 4.69) is 26.1 Å². The summed E-state index contributed by atoms with van der Waals surface area (Å²) >= 11 is 5.85. The van der Waals surface area contributed by atoms with Crippen LogP contribution in [0.4, 0.5) is 0 Å². The summed E-state index contributed by atoms with van der Waals surface area (Å²) in [6.07, 6.45) is 6.41. The summed E-state index contributed by atoms with van der Waals surface area (Å²) in [6.45, 7) is 6.47. The first-order valence-electron chi connectivity index (χ1n) is 6.91. The summed E-state index contributed by atoms with van der Waals surface area (Å²) in [7, 11) is 0. The minimum absolute atomic E-state index is 0.104. The van der Waals surface area contributed by atoms with E-state index in [0.717, 1.165) is 25.7 Å². The average Bonchev–Trinajstić information content (AvgIpc) is 2.74. The minimum Gasteiger partial charge on any atom is -0.352 e. The van der Waals surface area contributed by atoms with Gasteiger partial charge in [0.15, 0.2) is 0 Å². The molecule has 1 saturated carbocycles. The van der Waals surface area contributed by atoms with Gasteiger partial charge in [0.25, 0.3) is 0 Å². The van der Waals surface area contributed by atoms with Gasteiger partial charge < -0.3 is 5.32 Å². The molecule has 0 saturated heterocycles. The lowest BCUT2D eigenvalue weighted by atomic mass is 9.77. The lowest BCUT2D eigenvalue weighted by molar-refractivity contribution is -0.132. The highest BCUT2D eigenvalue weighted by Gasteiger charge is 2.41. The Bertz CT molecular complexity index is 243. The normalized spacial score (nSPS) is 20.5. The molecule has 0 spiro atoms. The number of rotatable bonds is 6. The summed E-state index contributed by atoms with van der Waals surface area (Å²) in [4.78, 5) is 12.5. The molecule has 0 aromatic rings. The molecule has 0 aromatic carbocycles. The third-order valence-electron chi connectivity index (χ3n) is 3.86. The Balaban J connectivity index is 2.66. The fourth-order valence-corrected chi connectivity index (χ4v) is 3.24. The van der Waals surface area contributed by atoms with Gasteiger partial charge in [0.05, 0.1) is 0 Å². The van der Waals surface area contributed by atoms with Gasteiger partial charge in [-0.05, 0) is 31.6 Å². The van der Waals surface area contributed by atoms with E-state index in [9.17, 15) is 4.79 Å². The fraction of sp³-hybridized carbons (Fsp3) is 0.929. The predicted octanol–water partition coefficient (Wildman–Crippen LogP) is 3.73. The maximum Gasteiger partial charge on any atom is 0.226 e. The zero-order valence-electron chi connectivity index (χ0n) is 11.4. The maximum atomic E-state index is 12.5. The molecular weight excluding hydrogens is 234 g/mol. The molecule has 0 aromatic heterocycles. The van der Waals surface area contributed by atoms with Gasteiger partial charge in [-0.2, -0.15) is 0 Å². The maximum absolute atomic E-state index is 12.5. The first kappa shape index (κ1) is 14.8. The van der Waals surface area contributed by atoms with Gasteiger partial charge in [0.1, 0.15) is 0 Å². The zero-order chi connectivity index (χ0) is 12.9. The van der Waals surface area contributed by atoms with Crippen LogP contribution in [0, 0.1) is 11.3 Å². The number of nitrogens with one attached hydrogen (secondary N) is 1. The molecule has 1 unspecified atom stereocenters. The first-order valence-corrected chi connectivity index (χ1v) is 7.44. The van der Waals surface area contributed by atoms with E-state index < -0.39 is 0 Å². The van der Waals surface area contributed by atoms with Crippen molar-refractivity contribution in [2.45, 2.75) is 65.3 Å². The molecule has 1 atom stereocenters. The van der Waals surface area contributed by atoms with E-state index in [1.54, 1.807) is 0 Å². The van der Waals surface area contributed by atoms with E-state index in [4.69, 9.17) is 11.6 Å². The van der Waals surface area contributed by atoms with Crippen molar-refractivity contribution in [2.24, 2.45) is 11.3 Å². The van der Waals surface area contributed by atoms with Gasteiger partial charge >= 0.3 is 0 Å². The molecule has 0 aliphatic heterocycles. The van der Waals surface area contributed by atoms with E-state index in [0.29, 0.717) is 11.8 Å². The zero-order valence-corrected chi connectivity index (χ0v) is 12.1. The van der Waals surface area contributed by atoms with Crippen LogP contribution in [0.3, 0.4) is 0 Å². The summed E-state index contributed by atoms with van der Waals surface area (Å²) in [6, 6.07) is 0.133. The van der Waals surface area contributed by atoms with Crippen LogP contribution in [0.15, 0.2) is 0 Å². The monoisotopic (exact) mass is 259 g/mol. The second-order valence-electron chi connectivity index (χ2n) is 5.82. The number of carbonyl (C=O) groups excluding carboxylic acids is 1. The van der Waals surface area contributed by atoms with Gasteiger partial charge in [-0.25, -0.2) is 0 Å². The van der Waals surface area contributed by atoms with Gasteiger partial charge in [-0.15, -0.1) is 11.6 Å². The van der Waals surface area contributed by atoms with Crippen molar-refractivity contribution < 1.29 is 4.79 Å². The molecule has 1 aliphatic carbocycles.